The second kappa shape index (κ2) is 10.0. The lowest BCUT2D eigenvalue weighted by Gasteiger charge is -2.41. The number of Topliss-reactive ketones (excluding diaryl/α,β-unsaturated/α-hetero) is 1. The molecule has 180 valence electrons. The third kappa shape index (κ3) is 4.36. The maximum Gasteiger partial charge on any atom is 0.325 e. The zero-order chi connectivity index (χ0) is 24.3. The van der Waals surface area contributed by atoms with Crippen molar-refractivity contribution in [2.45, 2.75) is 45.1 Å². The number of carbonyl (C=O) groups excluding carboxylic acids is 4. The van der Waals surface area contributed by atoms with Gasteiger partial charge in [0.15, 0.2) is 5.54 Å². The lowest BCUT2D eigenvalue weighted by atomic mass is 9.73. The fourth-order valence-electron chi connectivity index (χ4n) is 4.85. The summed E-state index contributed by atoms with van der Waals surface area (Å²) in [7, 11) is 0. The van der Waals surface area contributed by atoms with Crippen LogP contribution in [0.15, 0.2) is 42.0 Å². The molecule has 2 aliphatic heterocycles. The number of imide groups is 1. The Morgan fingerprint density at radius 1 is 1.24 bits per heavy atom. The van der Waals surface area contributed by atoms with E-state index in [0.717, 1.165) is 4.88 Å². The predicted octanol–water partition coefficient (Wildman–Crippen LogP) is 2.99. The van der Waals surface area contributed by atoms with Crippen molar-refractivity contribution in [3.63, 3.8) is 0 Å². The van der Waals surface area contributed by atoms with Crippen molar-refractivity contribution in [1.82, 2.24) is 20.1 Å². The molecule has 9 heteroatoms. The molecular weight excluding hydrogens is 452 g/mol. The molecule has 2 fully saturated rings. The minimum atomic E-state index is -1.23. The number of thiophene rings is 1. The van der Waals surface area contributed by atoms with Gasteiger partial charge in [0.25, 0.3) is 11.8 Å². The van der Waals surface area contributed by atoms with E-state index in [9.17, 15) is 19.2 Å². The van der Waals surface area contributed by atoms with Gasteiger partial charge in [-0.2, -0.15) is 0 Å². The van der Waals surface area contributed by atoms with E-state index in [1.165, 1.54) is 4.90 Å². The van der Waals surface area contributed by atoms with Crippen molar-refractivity contribution in [3.05, 3.63) is 52.5 Å². The van der Waals surface area contributed by atoms with E-state index in [0.29, 0.717) is 50.9 Å². The summed E-state index contributed by atoms with van der Waals surface area (Å²) >= 11 is 1.60. The molecule has 2 aromatic rings. The smallest absolute Gasteiger partial charge is 0.325 e. The lowest BCUT2D eigenvalue weighted by Crippen LogP contribution is -2.55. The Hall–Kier alpha value is -3.07. The van der Waals surface area contributed by atoms with Crippen LogP contribution in [0.2, 0.25) is 0 Å². The van der Waals surface area contributed by atoms with E-state index >= 15 is 0 Å². The number of hydrogen-bond acceptors (Lipinski definition) is 6. The number of urea groups is 1. The fraction of sp³-hybridized carbons (Fsp3) is 0.480. The van der Waals surface area contributed by atoms with Gasteiger partial charge in [-0.15, -0.1) is 11.3 Å². The van der Waals surface area contributed by atoms with Gasteiger partial charge in [-0.05, 0) is 49.1 Å². The molecule has 0 aliphatic carbocycles. The number of pyridine rings is 1. The number of hydrogen-bond donors (Lipinski definition) is 1. The molecular formula is C25H30N4O4S. The molecule has 0 saturated carbocycles. The average molecular weight is 483 g/mol. The molecule has 0 bridgehead atoms. The number of amides is 4. The summed E-state index contributed by atoms with van der Waals surface area (Å²) in [6.45, 7) is 4.69. The third-order valence-corrected chi connectivity index (χ3v) is 8.01. The Morgan fingerprint density at radius 3 is 2.62 bits per heavy atom. The Kier molecular flexibility index (Phi) is 7.11. The molecule has 0 spiro atoms. The molecule has 34 heavy (non-hydrogen) atoms. The van der Waals surface area contributed by atoms with Gasteiger partial charge in [-0.1, -0.05) is 26.0 Å². The van der Waals surface area contributed by atoms with Crippen LogP contribution < -0.4 is 5.32 Å². The van der Waals surface area contributed by atoms with Crippen LogP contribution in [0.4, 0.5) is 4.79 Å². The summed E-state index contributed by atoms with van der Waals surface area (Å²) in [5, 5.41) is 4.98. The van der Waals surface area contributed by atoms with Crippen LogP contribution >= 0.6 is 11.3 Å². The van der Waals surface area contributed by atoms with Crippen molar-refractivity contribution < 1.29 is 19.2 Å². The van der Waals surface area contributed by atoms with Crippen LogP contribution in [0.5, 0.6) is 0 Å². The van der Waals surface area contributed by atoms with Crippen molar-refractivity contribution >= 4 is 35.0 Å². The van der Waals surface area contributed by atoms with Crippen molar-refractivity contribution in [1.29, 1.82) is 0 Å². The third-order valence-electron chi connectivity index (χ3n) is 7.08. The van der Waals surface area contributed by atoms with Gasteiger partial charge < -0.3 is 10.2 Å². The molecule has 4 amide bonds. The number of aromatic nitrogens is 1. The first-order valence-corrected chi connectivity index (χ1v) is 12.7. The Morgan fingerprint density at radius 2 is 2.00 bits per heavy atom. The summed E-state index contributed by atoms with van der Waals surface area (Å²) in [6, 6.07) is 7.11. The van der Waals surface area contributed by atoms with E-state index < -0.39 is 17.5 Å². The summed E-state index contributed by atoms with van der Waals surface area (Å²) < 4.78 is 0. The van der Waals surface area contributed by atoms with Gasteiger partial charge >= 0.3 is 6.03 Å². The summed E-state index contributed by atoms with van der Waals surface area (Å²) in [6.07, 6.45) is 5.48. The second-order valence-corrected chi connectivity index (χ2v) is 10.0. The standard InChI is InChI=1S/C25H30N4O4S/c1-3-17(2)21(30)22(31)28-12-8-18(9-13-28)25(19-6-4-11-26-16-19)23(32)29(24(33)27-25)14-10-20-7-5-15-34-20/h4-7,11,15-18H,3,8-10,12-14H2,1-2H3,(H,27,33)/t17-,25-/m1/s1. The Bertz CT molecular complexity index is 1050. The molecule has 8 nitrogen and oxygen atoms in total. The molecule has 0 radical (unpaired) electrons. The zero-order valence-corrected chi connectivity index (χ0v) is 20.3. The Balaban J connectivity index is 1.55. The highest BCUT2D eigenvalue weighted by atomic mass is 32.1. The molecule has 0 aromatic carbocycles. The minimum absolute atomic E-state index is 0.220. The van der Waals surface area contributed by atoms with Gasteiger partial charge in [0.05, 0.1) is 0 Å². The van der Waals surface area contributed by atoms with Gasteiger partial charge in [-0.3, -0.25) is 24.3 Å². The van der Waals surface area contributed by atoms with Crippen LogP contribution in [0.25, 0.3) is 0 Å². The maximum absolute atomic E-state index is 13.8. The number of nitrogens with one attached hydrogen (secondary N) is 1. The normalized spacial score (nSPS) is 22.1. The summed E-state index contributed by atoms with van der Waals surface area (Å²) in [5.41, 5.74) is -0.580. The number of nitrogens with zero attached hydrogens (tertiary/aromatic N) is 3. The van der Waals surface area contributed by atoms with E-state index in [1.807, 2.05) is 30.5 Å². The highest BCUT2D eigenvalue weighted by molar-refractivity contribution is 7.09. The predicted molar refractivity (Wildman–Crippen MR) is 128 cm³/mol. The monoisotopic (exact) mass is 482 g/mol. The van der Waals surface area contributed by atoms with Crippen LogP contribution in [0.3, 0.4) is 0 Å². The number of piperidine rings is 1. The minimum Gasteiger partial charge on any atom is -0.336 e. The summed E-state index contributed by atoms with van der Waals surface area (Å²) in [4.78, 5) is 60.1. The topological polar surface area (TPSA) is 99.7 Å². The van der Waals surface area contributed by atoms with E-state index in [1.54, 1.807) is 41.6 Å². The molecule has 2 atom stereocenters. The van der Waals surface area contributed by atoms with Gasteiger partial charge in [0, 0.05) is 48.4 Å². The number of likely N-dealkylation sites (tertiary alicyclic amines) is 1. The SMILES string of the molecule is CC[C@@H](C)C(=O)C(=O)N1CCC([C@]2(c3cccnc3)NC(=O)N(CCc3cccs3)C2=O)CC1. The van der Waals surface area contributed by atoms with E-state index in [-0.39, 0.29) is 23.5 Å². The molecule has 0 unspecified atom stereocenters. The highest BCUT2D eigenvalue weighted by Crippen LogP contribution is 2.41. The summed E-state index contributed by atoms with van der Waals surface area (Å²) in [5.74, 6) is -1.62. The second-order valence-electron chi connectivity index (χ2n) is 9.01. The van der Waals surface area contributed by atoms with Crippen molar-refractivity contribution in [2.75, 3.05) is 19.6 Å². The molecule has 2 aromatic heterocycles. The van der Waals surface area contributed by atoms with Crippen LogP contribution in [-0.2, 0) is 26.3 Å². The van der Waals surface area contributed by atoms with Crippen molar-refractivity contribution in [2.24, 2.45) is 11.8 Å². The quantitative estimate of drug-likeness (QED) is 0.461. The van der Waals surface area contributed by atoms with Crippen LogP contribution in [-0.4, -0.2) is 58.0 Å². The Labute approximate surface area is 203 Å². The molecule has 2 aliphatic rings. The van der Waals surface area contributed by atoms with Gasteiger partial charge in [-0.25, -0.2) is 4.79 Å². The largest absolute Gasteiger partial charge is 0.336 e. The first-order valence-electron chi connectivity index (χ1n) is 11.8. The van der Waals surface area contributed by atoms with E-state index in [2.05, 4.69) is 10.3 Å². The number of ketones is 1. The highest BCUT2D eigenvalue weighted by Gasteiger charge is 2.57. The number of rotatable bonds is 8. The van der Waals surface area contributed by atoms with Crippen LogP contribution in [0, 0.1) is 11.8 Å². The average Bonchev–Trinajstić information content (AvgIpc) is 3.48. The zero-order valence-electron chi connectivity index (χ0n) is 19.5. The molecule has 1 N–H and O–H groups in total. The van der Waals surface area contributed by atoms with Gasteiger partial charge in [0.2, 0.25) is 5.78 Å². The van der Waals surface area contributed by atoms with Gasteiger partial charge in [0.1, 0.15) is 0 Å². The fourth-order valence-corrected chi connectivity index (χ4v) is 5.54. The molecule has 2 saturated heterocycles. The molecule has 4 rings (SSSR count). The van der Waals surface area contributed by atoms with Crippen molar-refractivity contribution in [3.8, 4) is 0 Å². The first kappa shape index (κ1) is 24.1. The maximum atomic E-state index is 13.8. The molecule has 4 heterocycles. The van der Waals surface area contributed by atoms with Crippen LogP contribution in [0.1, 0.15) is 43.6 Å². The van der Waals surface area contributed by atoms with E-state index in [4.69, 9.17) is 0 Å². The first-order chi connectivity index (χ1) is 16.4. The number of carbonyl (C=O) groups is 4. The lowest BCUT2D eigenvalue weighted by molar-refractivity contribution is -0.148.